The van der Waals surface area contributed by atoms with Gasteiger partial charge in [0.25, 0.3) is 0 Å². The molecule has 2 aromatic rings. The van der Waals surface area contributed by atoms with Gasteiger partial charge in [0.05, 0.1) is 7.11 Å². The highest BCUT2D eigenvalue weighted by atomic mass is 35.5. The Morgan fingerprint density at radius 1 is 1.08 bits per heavy atom. The predicted octanol–water partition coefficient (Wildman–Crippen LogP) is 2.62. The van der Waals surface area contributed by atoms with Gasteiger partial charge in [-0.3, -0.25) is 0 Å². The quantitative estimate of drug-likeness (QED) is 0.759. The smallest absolute Gasteiger partial charge is 0.246 e. The van der Waals surface area contributed by atoms with Crippen molar-refractivity contribution in [3.05, 3.63) is 59.7 Å². The van der Waals surface area contributed by atoms with Crippen molar-refractivity contribution in [1.29, 1.82) is 0 Å². The summed E-state index contributed by atoms with van der Waals surface area (Å²) >= 11 is 0. The summed E-state index contributed by atoms with van der Waals surface area (Å²) in [4.78, 5) is 0.187. The number of halogens is 1. The molecule has 0 aliphatic heterocycles. The van der Waals surface area contributed by atoms with Crippen molar-refractivity contribution in [2.45, 2.75) is 18.2 Å². The number of hydrogen-bond donors (Lipinski definition) is 1. The van der Waals surface area contributed by atoms with Crippen LogP contribution in [0.25, 0.3) is 0 Å². The molecule has 0 unspecified atom stereocenters. The normalized spacial score (nSPS) is 11.2. The fraction of sp³-hybridized carbons (Fsp3) is 0.333. The summed E-state index contributed by atoms with van der Waals surface area (Å²) in [7, 11) is -2.20. The maximum Gasteiger partial charge on any atom is 0.246 e. The van der Waals surface area contributed by atoms with Crippen LogP contribution in [-0.2, 0) is 16.4 Å². The van der Waals surface area contributed by atoms with Crippen LogP contribution in [-0.4, -0.2) is 39.5 Å². The summed E-state index contributed by atoms with van der Waals surface area (Å²) < 4.78 is 32.8. The molecule has 0 bridgehead atoms. The van der Waals surface area contributed by atoms with Gasteiger partial charge in [0.15, 0.2) is 0 Å². The molecule has 7 heteroatoms. The van der Waals surface area contributed by atoms with Crippen LogP contribution in [0, 0.1) is 6.92 Å². The molecule has 0 heterocycles. The van der Waals surface area contributed by atoms with E-state index >= 15 is 0 Å². The molecular weight excluding hydrogens is 360 g/mol. The van der Waals surface area contributed by atoms with Crippen LogP contribution in [0.2, 0.25) is 0 Å². The molecule has 0 amide bonds. The number of hydrogen-bond acceptors (Lipinski definition) is 4. The maximum absolute atomic E-state index is 13.1. The largest absolute Gasteiger partial charge is 0.495 e. The van der Waals surface area contributed by atoms with E-state index in [1.807, 2.05) is 43.3 Å². The van der Waals surface area contributed by atoms with Crippen molar-refractivity contribution in [3.63, 3.8) is 0 Å². The predicted molar refractivity (Wildman–Crippen MR) is 103 cm³/mol. The highest BCUT2D eigenvalue weighted by Gasteiger charge is 2.27. The lowest BCUT2D eigenvalue weighted by Gasteiger charge is -2.23. The molecule has 0 fully saturated rings. The molecular formula is C18H25ClN2O3S. The van der Waals surface area contributed by atoms with Gasteiger partial charge in [0.1, 0.15) is 10.6 Å². The Morgan fingerprint density at radius 2 is 1.76 bits per heavy atom. The zero-order valence-corrected chi connectivity index (χ0v) is 16.1. The number of sulfonamides is 1. The highest BCUT2D eigenvalue weighted by molar-refractivity contribution is 7.89. The Hall–Kier alpha value is -1.60. The minimum Gasteiger partial charge on any atom is -0.495 e. The summed E-state index contributed by atoms with van der Waals surface area (Å²) in [6, 6.07) is 15.0. The van der Waals surface area contributed by atoms with E-state index in [0.717, 1.165) is 11.1 Å². The maximum atomic E-state index is 13.1. The van der Waals surface area contributed by atoms with Crippen LogP contribution in [0.3, 0.4) is 0 Å². The first-order chi connectivity index (χ1) is 11.5. The van der Waals surface area contributed by atoms with Crippen LogP contribution in [0.5, 0.6) is 5.75 Å². The number of nitrogens with two attached hydrogens (primary N) is 1. The molecule has 2 aromatic carbocycles. The highest BCUT2D eigenvalue weighted by Crippen LogP contribution is 2.27. The third-order valence-electron chi connectivity index (χ3n) is 3.81. The first kappa shape index (κ1) is 21.4. The van der Waals surface area contributed by atoms with Gasteiger partial charge in [-0.25, -0.2) is 8.42 Å². The van der Waals surface area contributed by atoms with Crippen molar-refractivity contribution in [2.24, 2.45) is 5.73 Å². The summed E-state index contributed by atoms with van der Waals surface area (Å²) in [5, 5.41) is 0. The van der Waals surface area contributed by atoms with Crippen molar-refractivity contribution < 1.29 is 13.2 Å². The van der Waals surface area contributed by atoms with E-state index in [2.05, 4.69) is 0 Å². The van der Waals surface area contributed by atoms with Crippen LogP contribution in [0.4, 0.5) is 0 Å². The first-order valence-corrected chi connectivity index (χ1v) is 9.32. The van der Waals surface area contributed by atoms with Crippen LogP contribution < -0.4 is 10.5 Å². The third kappa shape index (κ3) is 5.44. The van der Waals surface area contributed by atoms with E-state index in [1.165, 1.54) is 11.4 Å². The van der Waals surface area contributed by atoms with Gasteiger partial charge in [0, 0.05) is 19.6 Å². The molecule has 0 saturated heterocycles. The fourth-order valence-corrected chi connectivity index (χ4v) is 4.22. The second kappa shape index (κ2) is 9.77. The monoisotopic (exact) mass is 384 g/mol. The van der Waals surface area contributed by atoms with E-state index in [9.17, 15) is 8.42 Å². The summed E-state index contributed by atoms with van der Waals surface area (Å²) in [6.45, 7) is 2.77. The lowest BCUT2D eigenvalue weighted by atomic mass is 10.1. The number of aryl methyl sites for hydroxylation is 1. The first-order valence-electron chi connectivity index (χ1n) is 7.88. The van der Waals surface area contributed by atoms with Gasteiger partial charge in [0.2, 0.25) is 10.0 Å². The topological polar surface area (TPSA) is 72.6 Å². The number of rotatable bonds is 8. The number of nitrogens with zero attached hydrogens (tertiary/aromatic N) is 1. The van der Waals surface area contributed by atoms with Crippen LogP contribution in [0.1, 0.15) is 11.1 Å². The van der Waals surface area contributed by atoms with E-state index < -0.39 is 10.0 Å². The molecule has 0 spiro atoms. The van der Waals surface area contributed by atoms with Crippen LogP contribution in [0.15, 0.2) is 53.4 Å². The second-order valence-corrected chi connectivity index (χ2v) is 7.49. The second-order valence-electron chi connectivity index (χ2n) is 5.58. The van der Waals surface area contributed by atoms with Crippen molar-refractivity contribution in [2.75, 3.05) is 26.7 Å². The molecule has 2 rings (SSSR count). The minimum atomic E-state index is -3.67. The van der Waals surface area contributed by atoms with E-state index in [-0.39, 0.29) is 30.4 Å². The molecule has 2 N–H and O–H groups in total. The summed E-state index contributed by atoms with van der Waals surface area (Å²) in [5.74, 6) is 0.349. The Balaban J connectivity index is 0.00000312. The fourth-order valence-electron chi connectivity index (χ4n) is 2.52. The zero-order valence-electron chi connectivity index (χ0n) is 14.5. The number of methoxy groups -OCH3 is 1. The molecule has 0 radical (unpaired) electrons. The lowest BCUT2D eigenvalue weighted by Crippen LogP contribution is -2.37. The Labute approximate surface area is 156 Å². The number of benzene rings is 2. The molecule has 0 aliphatic rings. The minimum absolute atomic E-state index is 0. The van der Waals surface area contributed by atoms with Gasteiger partial charge in [-0.2, -0.15) is 4.31 Å². The van der Waals surface area contributed by atoms with E-state index in [4.69, 9.17) is 10.5 Å². The van der Waals surface area contributed by atoms with Gasteiger partial charge in [-0.15, -0.1) is 12.4 Å². The molecule has 0 aromatic heterocycles. The molecule has 0 atom stereocenters. The van der Waals surface area contributed by atoms with Crippen molar-refractivity contribution >= 4 is 22.4 Å². The van der Waals surface area contributed by atoms with Gasteiger partial charge in [-0.1, -0.05) is 36.4 Å². The molecule has 138 valence electrons. The third-order valence-corrected chi connectivity index (χ3v) is 5.73. The molecule has 0 aliphatic carbocycles. The van der Waals surface area contributed by atoms with Gasteiger partial charge in [-0.05, 0) is 36.6 Å². The van der Waals surface area contributed by atoms with E-state index in [0.29, 0.717) is 18.7 Å². The summed E-state index contributed by atoms with van der Waals surface area (Å²) in [5.41, 5.74) is 7.59. The standard InChI is InChI=1S/C18H24N2O3S.ClH/c1-15-8-9-17(23-2)18(14-15)24(21,22)20(13-11-19)12-10-16-6-4-3-5-7-16;/h3-9,14H,10-13,19H2,1-2H3;1H. The van der Waals surface area contributed by atoms with Crippen molar-refractivity contribution in [1.82, 2.24) is 4.31 Å². The molecule has 5 nitrogen and oxygen atoms in total. The van der Waals surface area contributed by atoms with Crippen molar-refractivity contribution in [3.8, 4) is 5.75 Å². The van der Waals surface area contributed by atoms with Crippen LogP contribution >= 0.6 is 12.4 Å². The van der Waals surface area contributed by atoms with Gasteiger partial charge < -0.3 is 10.5 Å². The van der Waals surface area contributed by atoms with E-state index in [1.54, 1.807) is 12.1 Å². The molecule has 25 heavy (non-hydrogen) atoms. The summed E-state index contributed by atoms with van der Waals surface area (Å²) in [6.07, 6.45) is 0.633. The Bertz CT molecular complexity index is 767. The molecule has 0 saturated carbocycles. The average molecular weight is 385 g/mol. The SMILES string of the molecule is COc1ccc(C)cc1S(=O)(=O)N(CCN)CCc1ccccc1.Cl. The Kier molecular flexibility index (Phi) is 8.38. The lowest BCUT2D eigenvalue weighted by molar-refractivity contribution is 0.391. The average Bonchev–Trinajstić information content (AvgIpc) is 2.59. The number of ether oxygens (including phenoxy) is 1. The van der Waals surface area contributed by atoms with Gasteiger partial charge >= 0.3 is 0 Å². The Morgan fingerprint density at radius 3 is 2.36 bits per heavy atom. The zero-order chi connectivity index (χ0) is 17.6.